The third-order valence-corrected chi connectivity index (χ3v) is 13.7. The first-order valence-corrected chi connectivity index (χ1v) is 20.8. The SMILES string of the molecule is C[C@H](CC=CC1CCCCC1)[C@H](C[NH2+]C[C@@]1(O)[C@H](OC2CCC3C(C2)[OH+]C(C(N)=O)C(C2CCC(O)CC2)C3O)O[C@H](C(=O)[O-])[C@@H](O)[C@@H]1O)CC1=C[CH+]N=C1. The molecule has 5 fully saturated rings. The summed E-state index contributed by atoms with van der Waals surface area (Å²) in [5, 5.41) is 69.8. The Hall–Kier alpha value is -2.40. The number of aliphatic carboxylic acids is 1. The molecule has 3 aliphatic carbocycles. The normalized spacial score (nSPS) is 40.9. The number of rotatable bonds is 15. The number of aliphatic hydroxyl groups excluding tert-OH is 4. The highest BCUT2D eigenvalue weighted by atomic mass is 16.7. The molecule has 3 aliphatic heterocycles. The van der Waals surface area contributed by atoms with Gasteiger partial charge in [0.25, 0.3) is 5.91 Å². The van der Waals surface area contributed by atoms with Gasteiger partial charge < -0.3 is 60.7 Å². The monoisotopic (exact) mass is 775 g/mol. The van der Waals surface area contributed by atoms with Crippen LogP contribution in [0.3, 0.4) is 0 Å². The van der Waals surface area contributed by atoms with Crippen molar-refractivity contribution in [3.63, 3.8) is 0 Å². The standard InChI is InChI=1S/C41H63N3O11/c1-23(6-5-9-24-7-3-2-4-8-24)27(18-25-16-17-43-20-25)21-44-22-41(52)37(48)34(47)36(39(50)51)55-40(41)53-29-14-15-30-31(19-29)54-35(38(42)49)32(33(30)46)26-10-12-28(45)13-11-26/h5,9,16-17,20,23-24,26-37,40,44-48,52H,2-4,6-8,10-15,18-19,21-22H2,1H3,(H2-,42,49,50,51)/p+2/t23-,26?,27+,28?,29?,30?,31?,32?,33?,34-,35?,36+,37+,40-,41+/m1/s1. The van der Waals surface area contributed by atoms with Crippen molar-refractivity contribution in [2.75, 3.05) is 13.1 Å². The van der Waals surface area contributed by atoms with E-state index in [2.05, 4.69) is 24.1 Å². The molecular weight excluding hydrogens is 710 g/mol. The van der Waals surface area contributed by atoms with E-state index in [0.29, 0.717) is 51.0 Å². The van der Waals surface area contributed by atoms with Gasteiger partial charge in [-0.25, -0.2) is 0 Å². The zero-order chi connectivity index (χ0) is 39.3. The quantitative estimate of drug-likeness (QED) is 0.0627. The van der Waals surface area contributed by atoms with Crippen molar-refractivity contribution in [2.24, 2.45) is 46.2 Å². The molecule has 0 spiro atoms. The summed E-state index contributed by atoms with van der Waals surface area (Å²) < 4.78 is 16.9. The minimum atomic E-state index is -2.20. The number of aliphatic imine (C=N–C) groups is 1. The van der Waals surface area contributed by atoms with Crippen molar-refractivity contribution in [3.8, 4) is 0 Å². The van der Waals surface area contributed by atoms with Gasteiger partial charge in [0.15, 0.2) is 24.2 Å². The first-order valence-electron chi connectivity index (χ1n) is 20.8. The van der Waals surface area contributed by atoms with Gasteiger partial charge in [-0.05, 0) is 75.5 Å². The summed E-state index contributed by atoms with van der Waals surface area (Å²) in [6.45, 7) is 4.38. The van der Waals surface area contributed by atoms with Crippen LogP contribution in [0.4, 0.5) is 0 Å². The number of carboxylic acid groups (broad SMARTS) is 1. The van der Waals surface area contributed by atoms with E-state index < -0.39 is 72.4 Å². The van der Waals surface area contributed by atoms with Gasteiger partial charge in [0.1, 0.15) is 37.0 Å². The molecule has 6 rings (SSSR count). The summed E-state index contributed by atoms with van der Waals surface area (Å²) in [4.78, 5) is 28.9. The van der Waals surface area contributed by atoms with Crippen molar-refractivity contribution in [1.29, 1.82) is 0 Å². The van der Waals surface area contributed by atoms with Gasteiger partial charge in [0, 0.05) is 18.8 Å². The number of hydrogen-bond acceptors (Lipinski definition) is 11. The van der Waals surface area contributed by atoms with Gasteiger partial charge in [-0.1, -0.05) is 38.3 Å². The minimum Gasteiger partial charge on any atom is -0.547 e. The van der Waals surface area contributed by atoms with E-state index in [9.17, 15) is 40.2 Å². The number of nitrogens with zero attached hydrogens (tertiary/aromatic N) is 1. The molecule has 308 valence electrons. The van der Waals surface area contributed by atoms with E-state index in [1.54, 1.807) is 6.54 Å². The Morgan fingerprint density at radius 2 is 1.85 bits per heavy atom. The van der Waals surface area contributed by atoms with Crippen molar-refractivity contribution >= 4 is 18.1 Å². The van der Waals surface area contributed by atoms with Crippen LogP contribution in [-0.4, -0.2) is 122 Å². The van der Waals surface area contributed by atoms with E-state index in [1.807, 2.05) is 17.6 Å². The molecule has 0 bridgehead atoms. The zero-order valence-corrected chi connectivity index (χ0v) is 32.2. The van der Waals surface area contributed by atoms with Gasteiger partial charge in [-0.15, -0.1) is 4.99 Å². The van der Waals surface area contributed by atoms with Gasteiger partial charge in [-0.2, -0.15) is 0 Å². The Labute approximate surface area is 324 Å². The number of carbonyl (C=O) groups excluding carboxylic acids is 2. The molecule has 0 aromatic rings. The number of aliphatic hydroxyl groups is 7. The summed E-state index contributed by atoms with van der Waals surface area (Å²) in [6.07, 6.45) is 9.44. The number of carbonyl (C=O) groups is 2. The molecule has 14 heteroatoms. The van der Waals surface area contributed by atoms with Crippen LogP contribution in [0.1, 0.15) is 96.8 Å². The molecule has 13 atom stereocenters. The Morgan fingerprint density at radius 3 is 2.53 bits per heavy atom. The molecular formula is C41H65N3O11+2. The number of ether oxygens (including phenoxy) is 3. The van der Waals surface area contributed by atoms with Crippen molar-refractivity contribution in [2.45, 2.75) is 158 Å². The summed E-state index contributed by atoms with van der Waals surface area (Å²) >= 11 is 0. The molecule has 1 amide bonds. The summed E-state index contributed by atoms with van der Waals surface area (Å²) in [7, 11) is 0. The Kier molecular flexibility index (Phi) is 14.5. The van der Waals surface area contributed by atoms with Crippen molar-refractivity contribution < 1.29 is 59.8 Å². The number of nitrogens with two attached hydrogens (primary N) is 2. The van der Waals surface area contributed by atoms with Gasteiger partial charge >= 0.3 is 0 Å². The molecule has 0 aromatic carbocycles. The lowest BCUT2D eigenvalue weighted by Crippen LogP contribution is -2.93. The minimum absolute atomic E-state index is 0.00731. The number of hydrogen-bond donors (Lipinski definition) is 7. The fourth-order valence-electron chi connectivity index (χ4n) is 10.4. The number of amides is 1. The van der Waals surface area contributed by atoms with Crippen LogP contribution in [0.25, 0.3) is 0 Å². The van der Waals surface area contributed by atoms with E-state index in [0.717, 1.165) is 18.4 Å². The Morgan fingerprint density at radius 1 is 1.11 bits per heavy atom. The third kappa shape index (κ3) is 10.0. The lowest BCUT2D eigenvalue weighted by molar-refractivity contribution is -0.680. The Bertz CT molecular complexity index is 1380. The van der Waals surface area contributed by atoms with Crippen LogP contribution in [0.5, 0.6) is 0 Å². The molecule has 55 heavy (non-hydrogen) atoms. The average molecular weight is 776 g/mol. The maximum atomic E-state index is 12.7. The van der Waals surface area contributed by atoms with E-state index in [-0.39, 0.29) is 42.7 Å². The Balaban J connectivity index is 1.12. The van der Waals surface area contributed by atoms with Crippen LogP contribution in [0.2, 0.25) is 0 Å². The molecule has 10 N–H and O–H groups in total. The zero-order valence-electron chi connectivity index (χ0n) is 32.2. The summed E-state index contributed by atoms with van der Waals surface area (Å²) in [6, 6.07) is 0. The lowest BCUT2D eigenvalue weighted by atomic mass is 9.66. The van der Waals surface area contributed by atoms with Crippen LogP contribution >= 0.6 is 0 Å². The largest absolute Gasteiger partial charge is 0.547 e. The molecule has 0 aromatic heterocycles. The molecule has 6 unspecified atom stereocenters. The number of fused-ring (bicyclic) bond motifs is 1. The first-order chi connectivity index (χ1) is 26.4. The van der Waals surface area contributed by atoms with Crippen LogP contribution < -0.4 is 16.2 Å². The van der Waals surface area contributed by atoms with Crippen LogP contribution in [0, 0.1) is 42.1 Å². The van der Waals surface area contributed by atoms with Gasteiger partial charge in [0.2, 0.25) is 6.10 Å². The van der Waals surface area contributed by atoms with Crippen molar-refractivity contribution in [1.82, 2.24) is 0 Å². The second kappa shape index (κ2) is 18.9. The fourth-order valence-corrected chi connectivity index (χ4v) is 10.4. The predicted octanol–water partition coefficient (Wildman–Crippen LogP) is -0.703. The average Bonchev–Trinajstić information content (AvgIpc) is 3.68. The number of primary amides is 1. The van der Waals surface area contributed by atoms with Gasteiger partial charge in [-0.3, -0.25) is 4.79 Å². The first kappa shape index (κ1) is 42.2. The third-order valence-electron chi connectivity index (χ3n) is 13.7. The molecule has 6 aliphatic rings. The van der Waals surface area contributed by atoms with E-state index >= 15 is 0 Å². The van der Waals surface area contributed by atoms with E-state index in [4.69, 9.17) is 19.9 Å². The predicted molar refractivity (Wildman–Crippen MR) is 199 cm³/mol. The van der Waals surface area contributed by atoms with E-state index in [1.165, 1.54) is 32.1 Å². The highest BCUT2D eigenvalue weighted by Gasteiger charge is 2.60. The molecule has 0 radical (unpaired) electrons. The topological polar surface area (TPSA) is 245 Å². The summed E-state index contributed by atoms with van der Waals surface area (Å²) in [5.41, 5.74) is 4.75. The fraction of sp³-hybridized carbons (Fsp3) is 0.805. The molecule has 14 nitrogen and oxygen atoms in total. The van der Waals surface area contributed by atoms with Crippen LogP contribution in [0.15, 0.2) is 28.8 Å². The smallest absolute Gasteiger partial charge is 0.297 e. The van der Waals surface area contributed by atoms with Crippen LogP contribution in [-0.2, 0) is 19.1 Å². The lowest BCUT2D eigenvalue weighted by Gasteiger charge is -2.50. The number of carboxylic acids is 1. The highest BCUT2D eigenvalue weighted by Crippen LogP contribution is 2.45. The second-order valence-corrected chi connectivity index (χ2v) is 17.5. The van der Waals surface area contributed by atoms with Crippen molar-refractivity contribution in [3.05, 3.63) is 30.3 Å². The number of quaternary nitrogens is 1. The molecule has 2 saturated heterocycles. The summed E-state index contributed by atoms with van der Waals surface area (Å²) in [5.74, 6) is -1.98. The highest BCUT2D eigenvalue weighted by molar-refractivity contribution is 5.82. The second-order valence-electron chi connectivity index (χ2n) is 17.5. The van der Waals surface area contributed by atoms with Gasteiger partial charge in [0.05, 0.1) is 48.7 Å². The molecule has 3 heterocycles. The maximum absolute atomic E-state index is 12.7. The molecule has 3 saturated carbocycles. The maximum Gasteiger partial charge on any atom is 0.297 e. The number of allylic oxidation sites excluding steroid dienone is 3.